The van der Waals surface area contributed by atoms with Crippen LogP contribution >= 0.6 is 11.6 Å². The van der Waals surface area contributed by atoms with Gasteiger partial charge in [-0.1, -0.05) is 35.9 Å². The highest BCUT2D eigenvalue weighted by atomic mass is 35.5. The second kappa shape index (κ2) is 6.83. The number of aromatic nitrogens is 1. The van der Waals surface area contributed by atoms with Gasteiger partial charge in [0.05, 0.1) is 23.3 Å². The number of pyridine rings is 1. The molecule has 2 aromatic carbocycles. The average molecular weight is 355 g/mol. The minimum atomic E-state index is -0.347. The predicted octanol–water partition coefficient (Wildman–Crippen LogP) is 3.46. The van der Waals surface area contributed by atoms with Gasteiger partial charge in [-0.15, -0.1) is 0 Å². The Morgan fingerprint density at radius 1 is 1.08 bits per heavy atom. The summed E-state index contributed by atoms with van der Waals surface area (Å²) >= 11 is 6.11. The van der Waals surface area contributed by atoms with E-state index in [1.807, 2.05) is 0 Å². The lowest BCUT2D eigenvalue weighted by molar-refractivity contribution is -0.593. The highest BCUT2D eigenvalue weighted by molar-refractivity contribution is 6.35. The van der Waals surface area contributed by atoms with Crippen molar-refractivity contribution in [1.29, 1.82) is 0 Å². The zero-order valence-corrected chi connectivity index (χ0v) is 14.2. The van der Waals surface area contributed by atoms with Gasteiger partial charge in [0, 0.05) is 11.6 Å². The molecule has 3 rings (SSSR count). The predicted molar refractivity (Wildman–Crippen MR) is 96.7 cm³/mol. The number of nitrogens with two attached hydrogens (primary N) is 1. The molecule has 0 radical (unpaired) electrons. The largest absolute Gasteiger partial charge is 0.618 e. The SMILES string of the molecule is COc1ccccc1-c1c(N)c(C(=O)c2ccccc2Cl)cc[n+]1[O-]. The number of methoxy groups -OCH3 is 1. The van der Waals surface area contributed by atoms with Gasteiger partial charge in [0.25, 0.3) is 5.69 Å². The van der Waals surface area contributed by atoms with Crippen molar-refractivity contribution in [1.82, 2.24) is 0 Å². The standard InChI is InChI=1S/C19H15ClN2O3/c1-25-16-9-5-3-7-13(16)18-17(21)14(10-11-22(18)24)19(23)12-6-2-4-8-15(12)20/h2-11H,21H2,1H3. The molecule has 2 N–H and O–H groups in total. The van der Waals surface area contributed by atoms with Crippen LogP contribution in [0.2, 0.25) is 5.02 Å². The quantitative estimate of drug-likeness (QED) is 0.442. The Bertz CT molecular complexity index is 957. The van der Waals surface area contributed by atoms with Crippen LogP contribution in [0.25, 0.3) is 11.3 Å². The molecule has 0 amide bonds. The molecule has 3 aromatic rings. The fraction of sp³-hybridized carbons (Fsp3) is 0.0526. The summed E-state index contributed by atoms with van der Waals surface area (Å²) in [4.78, 5) is 12.8. The van der Waals surface area contributed by atoms with E-state index in [9.17, 15) is 10.0 Å². The minimum absolute atomic E-state index is 0.0759. The van der Waals surface area contributed by atoms with E-state index < -0.39 is 0 Å². The zero-order valence-electron chi connectivity index (χ0n) is 13.4. The van der Waals surface area contributed by atoms with Gasteiger partial charge in [-0.25, -0.2) is 0 Å². The lowest BCUT2D eigenvalue weighted by atomic mass is 9.99. The number of hydrogen-bond donors (Lipinski definition) is 1. The number of para-hydroxylation sites is 1. The van der Waals surface area contributed by atoms with E-state index in [1.165, 1.54) is 19.4 Å². The summed E-state index contributed by atoms with van der Waals surface area (Å²) < 4.78 is 5.92. The average Bonchev–Trinajstić information content (AvgIpc) is 2.62. The number of benzene rings is 2. The molecule has 0 fully saturated rings. The topological polar surface area (TPSA) is 79.3 Å². The molecule has 126 valence electrons. The lowest BCUT2D eigenvalue weighted by Gasteiger charge is -2.13. The Labute approximate surface area is 149 Å². The highest BCUT2D eigenvalue weighted by Crippen LogP contribution is 2.33. The summed E-state index contributed by atoms with van der Waals surface area (Å²) in [6, 6.07) is 15.1. The molecule has 1 aromatic heterocycles. The van der Waals surface area contributed by atoms with Crippen LogP contribution in [0.15, 0.2) is 60.8 Å². The fourth-order valence-electron chi connectivity index (χ4n) is 2.65. The van der Waals surface area contributed by atoms with Crippen LogP contribution < -0.4 is 15.2 Å². The van der Waals surface area contributed by atoms with E-state index in [2.05, 4.69) is 0 Å². The van der Waals surface area contributed by atoms with Crippen LogP contribution in [0.5, 0.6) is 5.75 Å². The third-order valence-corrected chi connectivity index (χ3v) is 4.20. The third kappa shape index (κ3) is 3.02. The first-order valence-electron chi connectivity index (χ1n) is 7.49. The summed E-state index contributed by atoms with van der Waals surface area (Å²) in [7, 11) is 1.50. The molecule has 0 bridgehead atoms. The number of ether oxygens (including phenoxy) is 1. The molecule has 0 spiro atoms. The maximum Gasteiger partial charge on any atom is 0.251 e. The summed E-state index contributed by atoms with van der Waals surface area (Å²) in [5, 5.41) is 12.7. The van der Waals surface area contributed by atoms with Crippen molar-refractivity contribution in [2.45, 2.75) is 0 Å². The Morgan fingerprint density at radius 3 is 2.48 bits per heavy atom. The van der Waals surface area contributed by atoms with Crippen LogP contribution in [-0.4, -0.2) is 12.9 Å². The first kappa shape index (κ1) is 16.8. The molecule has 0 aliphatic heterocycles. The number of anilines is 1. The van der Waals surface area contributed by atoms with Crippen molar-refractivity contribution in [3.8, 4) is 17.0 Å². The number of nitrogens with zero attached hydrogens (tertiary/aromatic N) is 1. The van der Waals surface area contributed by atoms with E-state index >= 15 is 0 Å². The third-order valence-electron chi connectivity index (χ3n) is 3.87. The van der Waals surface area contributed by atoms with Crippen molar-refractivity contribution in [3.05, 3.63) is 82.2 Å². The van der Waals surface area contributed by atoms with Crippen LogP contribution in [0, 0.1) is 5.21 Å². The van der Waals surface area contributed by atoms with Crippen molar-refractivity contribution in [2.75, 3.05) is 12.8 Å². The van der Waals surface area contributed by atoms with Gasteiger partial charge < -0.3 is 15.7 Å². The molecule has 5 nitrogen and oxygen atoms in total. The molecule has 0 atom stereocenters. The first-order chi connectivity index (χ1) is 12.0. The first-order valence-corrected chi connectivity index (χ1v) is 7.86. The molecule has 0 saturated heterocycles. The van der Waals surface area contributed by atoms with Crippen molar-refractivity contribution < 1.29 is 14.3 Å². The minimum Gasteiger partial charge on any atom is -0.618 e. The van der Waals surface area contributed by atoms with Crippen molar-refractivity contribution >= 4 is 23.1 Å². The molecule has 25 heavy (non-hydrogen) atoms. The van der Waals surface area contributed by atoms with E-state index in [4.69, 9.17) is 22.1 Å². The zero-order chi connectivity index (χ0) is 18.0. The van der Waals surface area contributed by atoms with Crippen molar-refractivity contribution in [3.63, 3.8) is 0 Å². The van der Waals surface area contributed by atoms with Gasteiger partial charge >= 0.3 is 0 Å². The van der Waals surface area contributed by atoms with Gasteiger partial charge in [-0.3, -0.25) is 4.79 Å². The van der Waals surface area contributed by atoms with Crippen LogP contribution in [0.3, 0.4) is 0 Å². The monoisotopic (exact) mass is 354 g/mol. The van der Waals surface area contributed by atoms with Crippen LogP contribution in [0.4, 0.5) is 5.69 Å². The maximum atomic E-state index is 12.8. The molecule has 0 saturated carbocycles. The Balaban J connectivity index is 2.19. The number of hydrogen-bond acceptors (Lipinski definition) is 4. The van der Waals surface area contributed by atoms with Crippen LogP contribution in [0.1, 0.15) is 15.9 Å². The van der Waals surface area contributed by atoms with Gasteiger partial charge in [0.2, 0.25) is 0 Å². The Hall–Kier alpha value is -3.05. The van der Waals surface area contributed by atoms with Crippen LogP contribution in [-0.2, 0) is 0 Å². The van der Waals surface area contributed by atoms with Gasteiger partial charge in [0.1, 0.15) is 11.4 Å². The van der Waals surface area contributed by atoms with E-state index in [-0.39, 0.29) is 22.7 Å². The molecule has 6 heteroatoms. The smallest absolute Gasteiger partial charge is 0.251 e. The van der Waals surface area contributed by atoms with Gasteiger partial charge in [-0.05, 0) is 24.3 Å². The number of carbonyl (C=O) groups excluding carboxylic acids is 1. The molecule has 0 aliphatic carbocycles. The van der Waals surface area contributed by atoms with Gasteiger partial charge in [0.15, 0.2) is 12.0 Å². The Morgan fingerprint density at radius 2 is 1.76 bits per heavy atom. The fourth-order valence-corrected chi connectivity index (χ4v) is 2.87. The molecule has 0 unspecified atom stereocenters. The maximum absolute atomic E-state index is 12.8. The normalized spacial score (nSPS) is 10.5. The summed E-state index contributed by atoms with van der Waals surface area (Å²) in [5.74, 6) is 0.140. The number of carbonyl (C=O) groups is 1. The number of rotatable bonds is 4. The summed E-state index contributed by atoms with van der Waals surface area (Å²) in [5.41, 5.74) is 7.47. The molecular weight excluding hydrogens is 340 g/mol. The highest BCUT2D eigenvalue weighted by Gasteiger charge is 2.25. The van der Waals surface area contributed by atoms with E-state index in [0.717, 1.165) is 0 Å². The second-order valence-electron chi connectivity index (χ2n) is 5.33. The number of halogens is 1. The number of nitrogen functional groups attached to an aromatic ring is 1. The van der Waals surface area contributed by atoms with Crippen molar-refractivity contribution in [2.24, 2.45) is 0 Å². The second-order valence-corrected chi connectivity index (χ2v) is 5.73. The lowest BCUT2D eigenvalue weighted by Crippen LogP contribution is -2.31. The van der Waals surface area contributed by atoms with E-state index in [0.29, 0.717) is 26.6 Å². The van der Waals surface area contributed by atoms with E-state index in [1.54, 1.807) is 48.5 Å². The number of ketones is 1. The molecular formula is C19H15ClN2O3. The summed E-state index contributed by atoms with van der Waals surface area (Å²) in [6.45, 7) is 0. The molecule has 1 heterocycles. The Kier molecular flexibility index (Phi) is 4.59. The van der Waals surface area contributed by atoms with Gasteiger partial charge in [-0.2, -0.15) is 4.73 Å². The molecule has 0 aliphatic rings. The summed E-state index contributed by atoms with van der Waals surface area (Å²) in [6.07, 6.45) is 1.25.